The lowest BCUT2D eigenvalue weighted by atomic mass is 10.4. The summed E-state index contributed by atoms with van der Waals surface area (Å²) < 4.78 is 7.21. The number of aliphatic imine (C=N–C) groups is 1. The summed E-state index contributed by atoms with van der Waals surface area (Å²) in [6.07, 6.45) is 3.16. The maximum absolute atomic E-state index is 5.03. The summed E-state index contributed by atoms with van der Waals surface area (Å²) in [7, 11) is 1.71. The normalized spacial score (nSPS) is 13.7. The first-order chi connectivity index (χ1) is 9.85. The molecule has 2 heterocycles. The van der Waals surface area contributed by atoms with Crippen LogP contribution in [0.15, 0.2) is 4.99 Å². The minimum Gasteiger partial charge on any atom is -0.385 e. The van der Waals surface area contributed by atoms with Crippen molar-refractivity contribution in [1.29, 1.82) is 0 Å². The fourth-order valence-electron chi connectivity index (χ4n) is 2.24. The highest BCUT2D eigenvalue weighted by Crippen LogP contribution is 2.14. The summed E-state index contributed by atoms with van der Waals surface area (Å²) in [4.78, 5) is 4.56. The van der Waals surface area contributed by atoms with Crippen molar-refractivity contribution in [2.45, 2.75) is 39.3 Å². The number of hydrogen-bond acceptors (Lipinski definition) is 4. The Morgan fingerprint density at radius 1 is 1.38 bits per heavy atom. The number of rotatable bonds is 7. The highest BCUT2D eigenvalue weighted by atomic mass is 127. The average Bonchev–Trinajstić information content (AvgIpc) is 3.04. The molecule has 0 aromatic carbocycles. The number of ether oxygens (including phenoxy) is 1. The quantitative estimate of drug-likeness (QED) is 0.304. The first-order valence-electron chi connectivity index (χ1n) is 7.27. The number of methoxy groups -OCH3 is 1. The third-order valence-electron chi connectivity index (χ3n) is 3.23. The van der Waals surface area contributed by atoms with Gasteiger partial charge in [-0.2, -0.15) is 0 Å². The Hall–Kier alpha value is -0.900. The zero-order valence-corrected chi connectivity index (χ0v) is 15.1. The number of guanidine groups is 1. The van der Waals surface area contributed by atoms with Gasteiger partial charge in [0.15, 0.2) is 11.8 Å². The van der Waals surface area contributed by atoms with Crippen molar-refractivity contribution in [2.75, 3.05) is 26.8 Å². The molecule has 1 aliphatic heterocycles. The van der Waals surface area contributed by atoms with Crippen LogP contribution in [-0.2, 0) is 24.2 Å². The number of nitrogens with one attached hydrogen (secondary N) is 2. The Bertz CT molecular complexity index is 448. The fraction of sp³-hybridized carbons (Fsp3) is 0.769. The van der Waals surface area contributed by atoms with E-state index in [1.165, 1.54) is 0 Å². The van der Waals surface area contributed by atoms with E-state index >= 15 is 0 Å². The maximum Gasteiger partial charge on any atom is 0.191 e. The lowest BCUT2D eigenvalue weighted by Gasteiger charge is -2.10. The Balaban J connectivity index is 0.00000220. The van der Waals surface area contributed by atoms with Crippen LogP contribution in [-0.4, -0.2) is 47.5 Å². The first-order valence-corrected chi connectivity index (χ1v) is 7.27. The van der Waals surface area contributed by atoms with Gasteiger partial charge < -0.3 is 19.9 Å². The second-order valence-electron chi connectivity index (χ2n) is 4.76. The smallest absolute Gasteiger partial charge is 0.191 e. The molecule has 8 heteroatoms. The van der Waals surface area contributed by atoms with E-state index in [0.717, 1.165) is 63.1 Å². The van der Waals surface area contributed by atoms with Crippen molar-refractivity contribution < 1.29 is 4.74 Å². The van der Waals surface area contributed by atoms with E-state index in [4.69, 9.17) is 4.74 Å². The number of fused-ring (bicyclic) bond motifs is 1. The summed E-state index contributed by atoms with van der Waals surface area (Å²) in [5.74, 6) is 2.86. The van der Waals surface area contributed by atoms with Crippen molar-refractivity contribution in [3.05, 3.63) is 11.6 Å². The zero-order valence-electron chi connectivity index (χ0n) is 12.8. The third-order valence-corrected chi connectivity index (χ3v) is 3.23. The number of aromatic nitrogens is 3. The van der Waals surface area contributed by atoms with E-state index in [-0.39, 0.29) is 24.0 Å². The van der Waals surface area contributed by atoms with Gasteiger partial charge in [-0.1, -0.05) is 0 Å². The standard InChI is InChI=1S/C13H24N6O.HI/c1-3-14-13(15-7-5-9-20-2)16-10-12-18-17-11-6-4-8-19(11)12;/h3-10H2,1-2H3,(H2,14,15,16);1H. The van der Waals surface area contributed by atoms with Crippen LogP contribution in [0.4, 0.5) is 0 Å². The van der Waals surface area contributed by atoms with Crippen molar-refractivity contribution in [2.24, 2.45) is 4.99 Å². The molecule has 21 heavy (non-hydrogen) atoms. The number of nitrogens with zero attached hydrogens (tertiary/aromatic N) is 4. The van der Waals surface area contributed by atoms with Crippen LogP contribution in [0.2, 0.25) is 0 Å². The molecule has 0 amide bonds. The molecule has 0 saturated carbocycles. The molecule has 7 nitrogen and oxygen atoms in total. The molecule has 120 valence electrons. The zero-order chi connectivity index (χ0) is 14.2. The Morgan fingerprint density at radius 2 is 2.24 bits per heavy atom. The van der Waals surface area contributed by atoms with Gasteiger partial charge >= 0.3 is 0 Å². The van der Waals surface area contributed by atoms with E-state index in [1.807, 2.05) is 0 Å². The van der Waals surface area contributed by atoms with Crippen molar-refractivity contribution in [3.63, 3.8) is 0 Å². The fourth-order valence-corrected chi connectivity index (χ4v) is 2.24. The van der Waals surface area contributed by atoms with Crippen molar-refractivity contribution in [3.8, 4) is 0 Å². The summed E-state index contributed by atoms with van der Waals surface area (Å²) in [5.41, 5.74) is 0. The summed E-state index contributed by atoms with van der Waals surface area (Å²) in [6, 6.07) is 0. The molecule has 1 aromatic heterocycles. The molecule has 1 aromatic rings. The van der Waals surface area contributed by atoms with Gasteiger partial charge in [-0.15, -0.1) is 34.2 Å². The van der Waals surface area contributed by atoms with Gasteiger partial charge in [0.25, 0.3) is 0 Å². The van der Waals surface area contributed by atoms with Crippen LogP contribution < -0.4 is 10.6 Å². The number of halogens is 1. The van der Waals surface area contributed by atoms with Gasteiger partial charge in [-0.3, -0.25) is 0 Å². The molecule has 0 aliphatic carbocycles. The monoisotopic (exact) mass is 408 g/mol. The highest BCUT2D eigenvalue weighted by molar-refractivity contribution is 14.0. The molecule has 2 N–H and O–H groups in total. The molecular formula is C13H25IN6O. The summed E-state index contributed by atoms with van der Waals surface area (Å²) in [6.45, 7) is 6.08. The van der Waals surface area contributed by atoms with Crippen molar-refractivity contribution in [1.82, 2.24) is 25.4 Å². The van der Waals surface area contributed by atoms with Crippen LogP contribution in [0.3, 0.4) is 0 Å². The average molecular weight is 408 g/mol. The molecular weight excluding hydrogens is 383 g/mol. The summed E-state index contributed by atoms with van der Waals surface area (Å²) >= 11 is 0. The second-order valence-corrected chi connectivity index (χ2v) is 4.76. The number of hydrogen-bond donors (Lipinski definition) is 2. The second kappa shape index (κ2) is 9.93. The van der Waals surface area contributed by atoms with Gasteiger partial charge in [-0.25, -0.2) is 4.99 Å². The third kappa shape index (κ3) is 5.42. The minimum atomic E-state index is 0. The predicted molar refractivity (Wildman–Crippen MR) is 93.1 cm³/mol. The topological polar surface area (TPSA) is 76.4 Å². The maximum atomic E-state index is 5.03. The Labute approximate surface area is 143 Å². The van der Waals surface area contributed by atoms with E-state index in [0.29, 0.717) is 6.54 Å². The van der Waals surface area contributed by atoms with Crippen LogP contribution in [0.25, 0.3) is 0 Å². The molecule has 0 bridgehead atoms. The first kappa shape index (κ1) is 18.1. The van der Waals surface area contributed by atoms with E-state index in [9.17, 15) is 0 Å². The molecule has 1 aliphatic rings. The Kier molecular flexibility index (Phi) is 8.58. The van der Waals surface area contributed by atoms with Gasteiger partial charge in [0, 0.05) is 39.8 Å². The van der Waals surface area contributed by atoms with Gasteiger partial charge in [0.2, 0.25) is 0 Å². The molecule has 2 rings (SSSR count). The lowest BCUT2D eigenvalue weighted by molar-refractivity contribution is 0.195. The molecule has 0 fully saturated rings. The largest absolute Gasteiger partial charge is 0.385 e. The number of aryl methyl sites for hydroxylation is 1. The lowest BCUT2D eigenvalue weighted by Crippen LogP contribution is -2.38. The molecule has 0 unspecified atom stereocenters. The van der Waals surface area contributed by atoms with Crippen molar-refractivity contribution >= 4 is 29.9 Å². The van der Waals surface area contributed by atoms with Gasteiger partial charge in [-0.05, 0) is 19.8 Å². The SMILES string of the molecule is CCNC(=NCc1nnc2n1CCC2)NCCCOC.I. The molecule has 0 saturated heterocycles. The molecule has 0 atom stereocenters. The van der Waals surface area contributed by atoms with E-state index in [2.05, 4.69) is 37.3 Å². The Morgan fingerprint density at radius 3 is 3.00 bits per heavy atom. The summed E-state index contributed by atoms with van der Waals surface area (Å²) in [5, 5.41) is 14.9. The van der Waals surface area contributed by atoms with Crippen LogP contribution in [0, 0.1) is 0 Å². The van der Waals surface area contributed by atoms with Crippen LogP contribution >= 0.6 is 24.0 Å². The van der Waals surface area contributed by atoms with Crippen LogP contribution in [0.1, 0.15) is 31.4 Å². The molecule has 0 radical (unpaired) electrons. The van der Waals surface area contributed by atoms with Gasteiger partial charge in [0.05, 0.1) is 0 Å². The molecule has 0 spiro atoms. The highest BCUT2D eigenvalue weighted by Gasteiger charge is 2.16. The van der Waals surface area contributed by atoms with Crippen LogP contribution in [0.5, 0.6) is 0 Å². The van der Waals surface area contributed by atoms with Gasteiger partial charge in [0.1, 0.15) is 12.4 Å². The predicted octanol–water partition coefficient (Wildman–Crippen LogP) is 0.934. The minimum absolute atomic E-state index is 0. The van der Waals surface area contributed by atoms with E-state index < -0.39 is 0 Å². The van der Waals surface area contributed by atoms with E-state index in [1.54, 1.807) is 7.11 Å².